The first-order valence-electron chi connectivity index (χ1n) is 7.61. The van der Waals surface area contributed by atoms with Crippen LogP contribution in [0, 0.1) is 11.8 Å². The van der Waals surface area contributed by atoms with Gasteiger partial charge in [0.1, 0.15) is 0 Å². The Labute approximate surface area is 111 Å². The summed E-state index contributed by atoms with van der Waals surface area (Å²) in [5, 5.41) is 3.63. The highest BCUT2D eigenvalue weighted by molar-refractivity contribution is 5.27. The van der Waals surface area contributed by atoms with Gasteiger partial charge in [0.15, 0.2) is 0 Å². The van der Waals surface area contributed by atoms with Crippen molar-refractivity contribution in [3.63, 3.8) is 0 Å². The average Bonchev–Trinajstić information content (AvgIpc) is 3.15. The van der Waals surface area contributed by atoms with E-state index >= 15 is 0 Å². The molecule has 0 radical (unpaired) electrons. The monoisotopic (exact) mass is 243 g/mol. The van der Waals surface area contributed by atoms with Crippen molar-refractivity contribution in [1.29, 1.82) is 0 Å². The average molecular weight is 243 g/mol. The molecule has 2 fully saturated rings. The molecule has 0 spiro atoms. The zero-order valence-electron chi connectivity index (χ0n) is 11.5. The van der Waals surface area contributed by atoms with Crippen LogP contribution in [0.2, 0.25) is 0 Å². The van der Waals surface area contributed by atoms with Crippen LogP contribution in [0.25, 0.3) is 0 Å². The van der Waals surface area contributed by atoms with E-state index in [1.54, 1.807) is 5.56 Å². The fourth-order valence-electron chi connectivity index (χ4n) is 3.26. The van der Waals surface area contributed by atoms with Crippen LogP contribution in [0.1, 0.15) is 56.1 Å². The second-order valence-corrected chi connectivity index (χ2v) is 6.43. The molecule has 1 aromatic rings. The van der Waals surface area contributed by atoms with E-state index < -0.39 is 0 Å². The first-order chi connectivity index (χ1) is 8.81. The predicted octanol–water partition coefficient (Wildman–Crippen LogP) is 4.09. The van der Waals surface area contributed by atoms with E-state index in [2.05, 4.69) is 36.5 Å². The normalized spacial score (nSPS) is 27.6. The molecule has 1 aromatic carbocycles. The van der Waals surface area contributed by atoms with E-state index in [9.17, 15) is 0 Å². The van der Waals surface area contributed by atoms with Gasteiger partial charge in [-0.3, -0.25) is 0 Å². The Morgan fingerprint density at radius 3 is 2.44 bits per heavy atom. The summed E-state index contributed by atoms with van der Waals surface area (Å²) in [6.45, 7) is 4.63. The predicted molar refractivity (Wildman–Crippen MR) is 76.6 cm³/mol. The fourth-order valence-corrected chi connectivity index (χ4v) is 3.26. The number of hydrogen-bond acceptors (Lipinski definition) is 1. The Bertz CT molecular complexity index is 377. The van der Waals surface area contributed by atoms with Crippen molar-refractivity contribution < 1.29 is 0 Å². The molecule has 1 N–H and O–H groups in total. The number of rotatable bonds is 5. The third-order valence-electron chi connectivity index (χ3n) is 4.59. The molecule has 2 aliphatic carbocycles. The Balaban J connectivity index is 1.42. The van der Waals surface area contributed by atoms with E-state index in [1.165, 1.54) is 44.2 Å². The quantitative estimate of drug-likeness (QED) is 0.821. The first-order valence-corrected chi connectivity index (χ1v) is 7.61. The molecule has 1 nitrogen and oxygen atoms in total. The van der Waals surface area contributed by atoms with Crippen LogP contribution in [0.4, 0.5) is 0 Å². The van der Waals surface area contributed by atoms with Crippen molar-refractivity contribution in [3.8, 4) is 0 Å². The van der Waals surface area contributed by atoms with Crippen LogP contribution in [-0.2, 0) is 6.54 Å². The van der Waals surface area contributed by atoms with Crippen LogP contribution >= 0.6 is 0 Å². The van der Waals surface area contributed by atoms with Crippen molar-refractivity contribution in [1.82, 2.24) is 5.32 Å². The fraction of sp³-hybridized carbons (Fsp3) is 0.647. The van der Waals surface area contributed by atoms with Crippen LogP contribution < -0.4 is 5.32 Å². The molecule has 0 aromatic heterocycles. The zero-order chi connectivity index (χ0) is 12.4. The largest absolute Gasteiger partial charge is 0.312 e. The maximum atomic E-state index is 3.63. The SMILES string of the molecule is CC1CCC(CNCc2ccc(C3CC3)cc2)C1. The number of hydrogen-bond donors (Lipinski definition) is 1. The third-order valence-corrected chi connectivity index (χ3v) is 4.59. The summed E-state index contributed by atoms with van der Waals surface area (Å²) in [5.74, 6) is 2.76. The Kier molecular flexibility index (Phi) is 3.69. The lowest BCUT2D eigenvalue weighted by atomic mass is 10.1. The molecule has 2 atom stereocenters. The lowest BCUT2D eigenvalue weighted by Gasteiger charge is -2.11. The van der Waals surface area contributed by atoms with Gasteiger partial charge in [0.05, 0.1) is 0 Å². The topological polar surface area (TPSA) is 12.0 Å². The van der Waals surface area contributed by atoms with Gasteiger partial charge in [-0.15, -0.1) is 0 Å². The molecule has 2 aliphatic rings. The molecule has 2 unspecified atom stereocenters. The van der Waals surface area contributed by atoms with Gasteiger partial charge in [0.25, 0.3) is 0 Å². The van der Waals surface area contributed by atoms with Crippen LogP contribution in [0.3, 0.4) is 0 Å². The van der Waals surface area contributed by atoms with Crippen LogP contribution in [0.15, 0.2) is 24.3 Å². The summed E-state index contributed by atoms with van der Waals surface area (Å²) in [6.07, 6.45) is 7.08. The van der Waals surface area contributed by atoms with Gasteiger partial charge in [0, 0.05) is 6.54 Å². The maximum absolute atomic E-state index is 3.63. The summed E-state index contributed by atoms with van der Waals surface area (Å²) in [5.41, 5.74) is 2.98. The van der Waals surface area contributed by atoms with Crippen LogP contribution in [0.5, 0.6) is 0 Å². The maximum Gasteiger partial charge on any atom is 0.0205 e. The molecular weight excluding hydrogens is 218 g/mol. The van der Waals surface area contributed by atoms with Gasteiger partial charge < -0.3 is 5.32 Å². The summed E-state index contributed by atoms with van der Waals surface area (Å²) < 4.78 is 0. The van der Waals surface area contributed by atoms with Gasteiger partial charge in [-0.1, -0.05) is 37.6 Å². The van der Waals surface area contributed by atoms with E-state index in [4.69, 9.17) is 0 Å². The first kappa shape index (κ1) is 12.2. The molecule has 1 heteroatoms. The highest BCUT2D eigenvalue weighted by Crippen LogP contribution is 2.39. The van der Waals surface area contributed by atoms with Gasteiger partial charge in [-0.25, -0.2) is 0 Å². The summed E-state index contributed by atoms with van der Waals surface area (Å²) in [7, 11) is 0. The molecular formula is C17H25N. The molecule has 0 bridgehead atoms. The lowest BCUT2D eigenvalue weighted by molar-refractivity contribution is 0.470. The summed E-state index contributed by atoms with van der Waals surface area (Å²) in [4.78, 5) is 0. The minimum atomic E-state index is 0.881. The van der Waals surface area contributed by atoms with Gasteiger partial charge in [-0.2, -0.15) is 0 Å². The minimum Gasteiger partial charge on any atom is -0.312 e. The van der Waals surface area contributed by atoms with E-state index in [1.807, 2.05) is 0 Å². The van der Waals surface area contributed by atoms with Gasteiger partial charge in [0.2, 0.25) is 0 Å². The number of nitrogens with one attached hydrogen (secondary N) is 1. The van der Waals surface area contributed by atoms with Crippen molar-refractivity contribution in [3.05, 3.63) is 35.4 Å². The molecule has 2 saturated carbocycles. The smallest absolute Gasteiger partial charge is 0.0205 e. The second kappa shape index (κ2) is 5.44. The van der Waals surface area contributed by atoms with E-state index in [-0.39, 0.29) is 0 Å². The highest BCUT2D eigenvalue weighted by Gasteiger charge is 2.23. The third kappa shape index (κ3) is 3.14. The van der Waals surface area contributed by atoms with Crippen molar-refractivity contribution in [2.75, 3.05) is 6.54 Å². The Hall–Kier alpha value is -0.820. The van der Waals surface area contributed by atoms with Crippen molar-refractivity contribution in [2.45, 2.75) is 51.5 Å². The molecule has 18 heavy (non-hydrogen) atoms. The number of benzene rings is 1. The molecule has 0 aliphatic heterocycles. The molecule has 0 amide bonds. The molecule has 3 rings (SSSR count). The second-order valence-electron chi connectivity index (χ2n) is 6.43. The Morgan fingerprint density at radius 1 is 1.06 bits per heavy atom. The van der Waals surface area contributed by atoms with E-state index in [0.29, 0.717) is 0 Å². The van der Waals surface area contributed by atoms with E-state index in [0.717, 1.165) is 24.3 Å². The standard InChI is InChI=1S/C17H25N/c1-13-2-3-15(10-13)12-18-11-14-4-6-16(7-5-14)17-8-9-17/h4-7,13,15,17-18H,2-3,8-12H2,1H3. The lowest BCUT2D eigenvalue weighted by Crippen LogP contribution is -2.20. The summed E-state index contributed by atoms with van der Waals surface area (Å²) >= 11 is 0. The highest BCUT2D eigenvalue weighted by atomic mass is 14.9. The molecule has 0 heterocycles. The van der Waals surface area contributed by atoms with Gasteiger partial charge in [-0.05, 0) is 61.1 Å². The van der Waals surface area contributed by atoms with Crippen LogP contribution in [-0.4, -0.2) is 6.54 Å². The zero-order valence-corrected chi connectivity index (χ0v) is 11.5. The minimum absolute atomic E-state index is 0.881. The molecule has 98 valence electrons. The van der Waals surface area contributed by atoms with Crippen molar-refractivity contribution >= 4 is 0 Å². The summed E-state index contributed by atoms with van der Waals surface area (Å²) in [6, 6.07) is 9.26. The molecule has 0 saturated heterocycles. The Morgan fingerprint density at radius 2 is 1.83 bits per heavy atom. The van der Waals surface area contributed by atoms with Gasteiger partial charge >= 0.3 is 0 Å². The van der Waals surface area contributed by atoms with Crippen molar-refractivity contribution in [2.24, 2.45) is 11.8 Å².